The molecule has 1 saturated heterocycles. The highest BCUT2D eigenvalue weighted by atomic mass is 16.5. The van der Waals surface area contributed by atoms with Crippen LogP contribution < -0.4 is 5.73 Å². The van der Waals surface area contributed by atoms with E-state index in [1.54, 1.807) is 0 Å². The Morgan fingerprint density at radius 2 is 2.15 bits per heavy atom. The highest BCUT2D eigenvalue weighted by molar-refractivity contribution is 4.94. The van der Waals surface area contributed by atoms with Crippen molar-refractivity contribution < 1.29 is 9.26 Å². The molecule has 0 bridgehead atoms. The summed E-state index contributed by atoms with van der Waals surface area (Å²) in [4.78, 5) is 6.78. The van der Waals surface area contributed by atoms with Crippen LogP contribution in [-0.2, 0) is 11.2 Å². The highest BCUT2D eigenvalue weighted by Gasteiger charge is 2.19. The summed E-state index contributed by atoms with van der Waals surface area (Å²) in [5, 5.41) is 4.00. The Labute approximate surface area is 120 Å². The smallest absolute Gasteiger partial charge is 0.226 e. The predicted octanol–water partition coefficient (Wildman–Crippen LogP) is 1.52. The van der Waals surface area contributed by atoms with Gasteiger partial charge in [0.1, 0.15) is 0 Å². The standard InChI is InChI=1S/C14H26N4O2/c1-2-19-10-6-7-13-16-14(17-20-13)12(15)11-18-8-4-3-5-9-18/h12H,2-11,15H2,1H3. The molecular weight excluding hydrogens is 256 g/mol. The van der Waals surface area contributed by atoms with Crippen LogP contribution in [0.5, 0.6) is 0 Å². The number of piperidine rings is 1. The van der Waals surface area contributed by atoms with Crippen LogP contribution in [0.25, 0.3) is 0 Å². The van der Waals surface area contributed by atoms with Gasteiger partial charge >= 0.3 is 0 Å². The van der Waals surface area contributed by atoms with Crippen molar-refractivity contribution in [2.75, 3.05) is 32.8 Å². The molecule has 2 heterocycles. The number of hydrogen-bond acceptors (Lipinski definition) is 6. The first-order chi connectivity index (χ1) is 9.79. The van der Waals surface area contributed by atoms with Crippen LogP contribution in [0, 0.1) is 0 Å². The van der Waals surface area contributed by atoms with Crippen LogP contribution >= 0.6 is 0 Å². The highest BCUT2D eigenvalue weighted by Crippen LogP contribution is 2.14. The number of aromatic nitrogens is 2. The van der Waals surface area contributed by atoms with E-state index in [2.05, 4.69) is 15.0 Å². The molecule has 20 heavy (non-hydrogen) atoms. The molecule has 6 heteroatoms. The molecule has 0 spiro atoms. The average molecular weight is 282 g/mol. The average Bonchev–Trinajstić information content (AvgIpc) is 2.94. The molecule has 2 N–H and O–H groups in total. The summed E-state index contributed by atoms with van der Waals surface area (Å²) < 4.78 is 10.5. The fourth-order valence-corrected chi connectivity index (χ4v) is 2.49. The van der Waals surface area contributed by atoms with Crippen LogP contribution in [0.15, 0.2) is 4.52 Å². The molecule has 1 aliphatic rings. The quantitative estimate of drug-likeness (QED) is 0.728. The van der Waals surface area contributed by atoms with E-state index in [1.807, 2.05) is 6.92 Å². The van der Waals surface area contributed by atoms with Crippen LogP contribution in [0.3, 0.4) is 0 Å². The maximum absolute atomic E-state index is 6.16. The number of ether oxygens (including phenoxy) is 1. The summed E-state index contributed by atoms with van der Waals surface area (Å²) in [7, 11) is 0. The van der Waals surface area contributed by atoms with Crippen molar-refractivity contribution in [3.05, 3.63) is 11.7 Å². The second kappa shape index (κ2) is 8.34. The second-order valence-electron chi connectivity index (χ2n) is 5.31. The molecule has 1 aliphatic heterocycles. The summed E-state index contributed by atoms with van der Waals surface area (Å²) >= 11 is 0. The van der Waals surface area contributed by atoms with Gasteiger partial charge in [-0.25, -0.2) is 0 Å². The predicted molar refractivity (Wildman–Crippen MR) is 76.3 cm³/mol. The second-order valence-corrected chi connectivity index (χ2v) is 5.31. The third kappa shape index (κ3) is 4.85. The van der Waals surface area contributed by atoms with Gasteiger partial charge < -0.3 is 19.9 Å². The number of hydrogen-bond donors (Lipinski definition) is 1. The molecule has 0 amide bonds. The van der Waals surface area contributed by atoms with Crippen molar-refractivity contribution in [2.24, 2.45) is 5.73 Å². The van der Waals surface area contributed by atoms with Crippen molar-refractivity contribution in [1.82, 2.24) is 15.0 Å². The van der Waals surface area contributed by atoms with Crippen LogP contribution in [0.2, 0.25) is 0 Å². The SMILES string of the molecule is CCOCCCc1nc(C(N)CN2CCCCC2)no1. The van der Waals surface area contributed by atoms with Crippen LogP contribution in [-0.4, -0.2) is 47.9 Å². The lowest BCUT2D eigenvalue weighted by molar-refractivity contribution is 0.143. The van der Waals surface area contributed by atoms with Gasteiger partial charge in [-0.05, 0) is 39.3 Å². The molecule has 114 valence electrons. The number of rotatable bonds is 8. The first-order valence-corrected chi connectivity index (χ1v) is 7.67. The monoisotopic (exact) mass is 282 g/mol. The zero-order chi connectivity index (χ0) is 14.2. The van der Waals surface area contributed by atoms with E-state index in [9.17, 15) is 0 Å². The molecule has 0 aliphatic carbocycles. The molecule has 0 aromatic carbocycles. The number of likely N-dealkylation sites (tertiary alicyclic amines) is 1. The largest absolute Gasteiger partial charge is 0.382 e. The van der Waals surface area contributed by atoms with Gasteiger partial charge in [-0.15, -0.1) is 0 Å². The van der Waals surface area contributed by atoms with E-state index in [0.29, 0.717) is 11.7 Å². The van der Waals surface area contributed by atoms with Gasteiger partial charge in [-0.3, -0.25) is 0 Å². The Hall–Kier alpha value is -0.980. The molecule has 0 radical (unpaired) electrons. The van der Waals surface area contributed by atoms with E-state index in [0.717, 1.165) is 45.7 Å². The summed E-state index contributed by atoms with van der Waals surface area (Å²) in [6.07, 6.45) is 5.52. The Bertz CT molecular complexity index is 377. The maximum Gasteiger partial charge on any atom is 0.226 e. The van der Waals surface area contributed by atoms with Crippen LogP contribution in [0.4, 0.5) is 0 Å². The van der Waals surface area contributed by atoms with Crippen molar-refractivity contribution in [3.63, 3.8) is 0 Å². The Kier molecular flexibility index (Phi) is 6.42. The Morgan fingerprint density at radius 1 is 1.35 bits per heavy atom. The van der Waals surface area contributed by atoms with Gasteiger partial charge in [-0.1, -0.05) is 11.6 Å². The Balaban J connectivity index is 1.75. The third-order valence-corrected chi connectivity index (χ3v) is 3.60. The van der Waals surface area contributed by atoms with E-state index in [4.69, 9.17) is 15.0 Å². The van der Waals surface area contributed by atoms with Crippen LogP contribution in [0.1, 0.15) is 50.4 Å². The zero-order valence-corrected chi connectivity index (χ0v) is 12.4. The van der Waals surface area contributed by atoms with Gasteiger partial charge in [0.2, 0.25) is 5.89 Å². The minimum atomic E-state index is -0.155. The van der Waals surface area contributed by atoms with E-state index in [-0.39, 0.29) is 6.04 Å². The number of nitrogens with two attached hydrogens (primary N) is 1. The van der Waals surface area contributed by atoms with Gasteiger partial charge in [-0.2, -0.15) is 4.98 Å². The molecule has 2 rings (SSSR count). The molecule has 1 aromatic rings. The Morgan fingerprint density at radius 3 is 2.90 bits per heavy atom. The third-order valence-electron chi connectivity index (χ3n) is 3.60. The van der Waals surface area contributed by atoms with E-state index < -0.39 is 0 Å². The molecule has 1 fully saturated rings. The van der Waals surface area contributed by atoms with E-state index in [1.165, 1.54) is 19.3 Å². The molecule has 1 atom stereocenters. The van der Waals surface area contributed by atoms with Gasteiger partial charge in [0, 0.05) is 26.2 Å². The fourth-order valence-electron chi connectivity index (χ4n) is 2.49. The zero-order valence-electron chi connectivity index (χ0n) is 12.4. The van der Waals surface area contributed by atoms with Crippen molar-refractivity contribution in [3.8, 4) is 0 Å². The summed E-state index contributed by atoms with van der Waals surface area (Å²) in [5.41, 5.74) is 6.16. The van der Waals surface area contributed by atoms with Gasteiger partial charge in [0.15, 0.2) is 5.82 Å². The van der Waals surface area contributed by atoms with Gasteiger partial charge in [0.25, 0.3) is 0 Å². The van der Waals surface area contributed by atoms with E-state index >= 15 is 0 Å². The molecular formula is C14H26N4O2. The molecule has 6 nitrogen and oxygen atoms in total. The molecule has 0 saturated carbocycles. The lowest BCUT2D eigenvalue weighted by Gasteiger charge is -2.27. The number of nitrogens with zero attached hydrogens (tertiary/aromatic N) is 3. The van der Waals surface area contributed by atoms with Crippen molar-refractivity contribution in [1.29, 1.82) is 0 Å². The molecule has 1 aromatic heterocycles. The number of aryl methyl sites for hydroxylation is 1. The summed E-state index contributed by atoms with van der Waals surface area (Å²) in [6.45, 7) is 6.55. The normalized spacial score (nSPS) is 18.3. The summed E-state index contributed by atoms with van der Waals surface area (Å²) in [6, 6.07) is -0.155. The van der Waals surface area contributed by atoms with Crippen molar-refractivity contribution in [2.45, 2.75) is 45.1 Å². The topological polar surface area (TPSA) is 77.4 Å². The fraction of sp³-hybridized carbons (Fsp3) is 0.857. The lowest BCUT2D eigenvalue weighted by Crippen LogP contribution is -2.36. The first-order valence-electron chi connectivity index (χ1n) is 7.67. The first kappa shape index (κ1) is 15.4. The lowest BCUT2D eigenvalue weighted by atomic mass is 10.1. The summed E-state index contributed by atoms with van der Waals surface area (Å²) in [5.74, 6) is 1.29. The minimum absolute atomic E-state index is 0.155. The minimum Gasteiger partial charge on any atom is -0.382 e. The maximum atomic E-state index is 6.16. The van der Waals surface area contributed by atoms with Crippen molar-refractivity contribution >= 4 is 0 Å². The molecule has 1 unspecified atom stereocenters. The van der Waals surface area contributed by atoms with Gasteiger partial charge in [0.05, 0.1) is 6.04 Å².